The molecule has 0 aliphatic carbocycles. The van der Waals surface area contributed by atoms with Crippen LogP contribution in [-0.2, 0) is 10.0 Å². The number of nitrogens with zero attached hydrogens (tertiary/aromatic N) is 2. The summed E-state index contributed by atoms with van der Waals surface area (Å²) in [5.41, 5.74) is 2.09. The van der Waals surface area contributed by atoms with E-state index in [9.17, 15) is 18.0 Å². The third kappa shape index (κ3) is 4.77. The van der Waals surface area contributed by atoms with Gasteiger partial charge in [0.1, 0.15) is 14.1 Å². The molecule has 1 saturated heterocycles. The molecule has 168 valence electrons. The summed E-state index contributed by atoms with van der Waals surface area (Å²) < 4.78 is 28.4. The maximum atomic E-state index is 12.9. The standard InChI is InChI=1S/C22H23N3O4S3/c1-14-20(22(27)25-9-4-3-5-10-25)31-21(23-14)17-12-19(30-13-17)32(28,29)24-18-8-6-7-16(11-18)15(2)26/h6-8,11-13,24H,3-5,9-10H2,1-2H3. The molecule has 0 atom stereocenters. The summed E-state index contributed by atoms with van der Waals surface area (Å²) in [4.78, 5) is 31.5. The Balaban J connectivity index is 1.55. The lowest BCUT2D eigenvalue weighted by molar-refractivity contribution is 0.0728. The predicted molar refractivity (Wildman–Crippen MR) is 127 cm³/mol. The zero-order valence-electron chi connectivity index (χ0n) is 17.8. The Morgan fingerprint density at radius 2 is 1.88 bits per heavy atom. The number of thiazole rings is 1. The molecule has 0 radical (unpaired) electrons. The van der Waals surface area contributed by atoms with Gasteiger partial charge in [0.25, 0.3) is 15.9 Å². The molecular formula is C22H23N3O4S3. The van der Waals surface area contributed by atoms with Gasteiger partial charge in [0.15, 0.2) is 5.78 Å². The van der Waals surface area contributed by atoms with Crippen LogP contribution in [0.5, 0.6) is 0 Å². The molecule has 3 aromatic rings. The molecule has 1 aliphatic rings. The van der Waals surface area contributed by atoms with Gasteiger partial charge >= 0.3 is 0 Å². The minimum Gasteiger partial charge on any atom is -0.338 e. The number of aromatic nitrogens is 1. The molecule has 4 rings (SSSR count). The Morgan fingerprint density at radius 3 is 2.59 bits per heavy atom. The molecule has 3 heterocycles. The number of sulfonamides is 1. The Hall–Kier alpha value is -2.56. The van der Waals surface area contributed by atoms with Gasteiger partial charge in [-0.2, -0.15) is 0 Å². The normalized spacial score (nSPS) is 14.4. The van der Waals surface area contributed by atoms with Crippen LogP contribution in [-0.4, -0.2) is 43.1 Å². The van der Waals surface area contributed by atoms with E-state index < -0.39 is 10.0 Å². The smallest absolute Gasteiger partial charge is 0.271 e. The maximum Gasteiger partial charge on any atom is 0.271 e. The zero-order chi connectivity index (χ0) is 22.9. The molecule has 0 spiro atoms. The van der Waals surface area contributed by atoms with E-state index >= 15 is 0 Å². The summed E-state index contributed by atoms with van der Waals surface area (Å²) in [5, 5.41) is 2.35. The van der Waals surface area contributed by atoms with E-state index in [2.05, 4.69) is 9.71 Å². The van der Waals surface area contributed by atoms with Gasteiger partial charge in [0.2, 0.25) is 0 Å². The van der Waals surface area contributed by atoms with Gasteiger partial charge in [-0.25, -0.2) is 13.4 Å². The van der Waals surface area contributed by atoms with E-state index in [1.807, 2.05) is 11.8 Å². The highest BCUT2D eigenvalue weighted by atomic mass is 32.2. The summed E-state index contributed by atoms with van der Waals surface area (Å²) in [6.45, 7) is 4.77. The number of ketones is 1. The van der Waals surface area contributed by atoms with Crippen LogP contribution in [0.1, 0.15) is 51.9 Å². The predicted octanol–water partition coefficient (Wildman–Crippen LogP) is 4.81. The van der Waals surface area contributed by atoms with Crippen molar-refractivity contribution in [3.05, 3.63) is 51.8 Å². The highest BCUT2D eigenvalue weighted by Crippen LogP contribution is 2.34. The second kappa shape index (κ2) is 9.13. The van der Waals surface area contributed by atoms with E-state index in [1.54, 1.807) is 29.6 Å². The molecule has 0 bridgehead atoms. The molecule has 1 fully saturated rings. The number of hydrogen-bond acceptors (Lipinski definition) is 7. The van der Waals surface area contributed by atoms with Crippen LogP contribution >= 0.6 is 22.7 Å². The first-order valence-corrected chi connectivity index (χ1v) is 13.4. The molecule has 1 aromatic carbocycles. The number of aryl methyl sites for hydroxylation is 1. The van der Waals surface area contributed by atoms with Crippen molar-refractivity contribution in [1.82, 2.24) is 9.88 Å². The van der Waals surface area contributed by atoms with E-state index in [4.69, 9.17) is 0 Å². The second-order valence-electron chi connectivity index (χ2n) is 7.68. The number of rotatable bonds is 6. The number of carbonyl (C=O) groups excluding carboxylic acids is 2. The van der Waals surface area contributed by atoms with Crippen molar-refractivity contribution >= 4 is 50.1 Å². The number of likely N-dealkylation sites (tertiary alicyclic amines) is 1. The number of piperidine rings is 1. The SMILES string of the molecule is CC(=O)c1cccc(NS(=O)(=O)c2cc(-c3nc(C)c(C(=O)N4CCCCC4)s3)cs2)c1. The summed E-state index contributed by atoms with van der Waals surface area (Å²) in [5.74, 6) is -0.139. The number of benzene rings is 1. The fourth-order valence-corrected chi connectivity index (χ4v) is 6.85. The molecule has 10 heteroatoms. The topological polar surface area (TPSA) is 96.4 Å². The number of nitrogens with one attached hydrogen (secondary N) is 1. The van der Waals surface area contributed by atoms with Crippen molar-refractivity contribution in [3.8, 4) is 10.6 Å². The number of carbonyl (C=O) groups is 2. The molecular weight excluding hydrogens is 466 g/mol. The lowest BCUT2D eigenvalue weighted by atomic mass is 10.1. The number of thiophene rings is 1. The molecule has 1 N–H and O–H groups in total. The summed E-state index contributed by atoms with van der Waals surface area (Å²) >= 11 is 2.39. The number of Topliss-reactive ketones (excluding diaryl/α,β-unsaturated/α-hetero) is 1. The van der Waals surface area contributed by atoms with Crippen molar-refractivity contribution < 1.29 is 18.0 Å². The highest BCUT2D eigenvalue weighted by Gasteiger charge is 2.24. The first kappa shape index (κ1) is 22.6. The minimum atomic E-state index is -3.82. The minimum absolute atomic E-state index is 0.000967. The average molecular weight is 490 g/mol. The van der Waals surface area contributed by atoms with Crippen LogP contribution in [0.25, 0.3) is 10.6 Å². The van der Waals surface area contributed by atoms with Crippen molar-refractivity contribution in [3.63, 3.8) is 0 Å². The zero-order valence-corrected chi connectivity index (χ0v) is 20.2. The van der Waals surface area contributed by atoms with Gasteiger partial charge in [-0.05, 0) is 51.3 Å². The number of hydrogen-bond donors (Lipinski definition) is 1. The Kier molecular flexibility index (Phi) is 6.45. The van der Waals surface area contributed by atoms with Crippen molar-refractivity contribution in [2.24, 2.45) is 0 Å². The van der Waals surface area contributed by atoms with Crippen LogP contribution in [0.3, 0.4) is 0 Å². The molecule has 1 amide bonds. The van der Waals surface area contributed by atoms with Crippen LogP contribution < -0.4 is 4.72 Å². The fraction of sp³-hybridized carbons (Fsp3) is 0.318. The van der Waals surface area contributed by atoms with Crippen LogP contribution in [0, 0.1) is 6.92 Å². The Bertz CT molecular complexity index is 1270. The quantitative estimate of drug-likeness (QED) is 0.501. The first-order valence-electron chi connectivity index (χ1n) is 10.2. The third-order valence-corrected chi connectivity index (χ3v) is 9.26. The molecule has 0 saturated carbocycles. The van der Waals surface area contributed by atoms with E-state index in [0.29, 0.717) is 32.4 Å². The van der Waals surface area contributed by atoms with Crippen molar-refractivity contribution in [2.45, 2.75) is 37.3 Å². The van der Waals surface area contributed by atoms with Crippen molar-refractivity contribution in [2.75, 3.05) is 17.8 Å². The Labute approximate surface area is 195 Å². The van der Waals surface area contributed by atoms with Crippen LogP contribution in [0.2, 0.25) is 0 Å². The fourth-order valence-electron chi connectivity index (χ4n) is 3.54. The van der Waals surface area contributed by atoms with Gasteiger partial charge in [-0.1, -0.05) is 12.1 Å². The monoisotopic (exact) mass is 489 g/mol. The third-order valence-electron chi connectivity index (χ3n) is 5.24. The molecule has 32 heavy (non-hydrogen) atoms. The first-order chi connectivity index (χ1) is 15.2. The second-order valence-corrected chi connectivity index (χ2v) is 11.5. The van der Waals surface area contributed by atoms with E-state index in [1.165, 1.54) is 24.3 Å². The highest BCUT2D eigenvalue weighted by molar-refractivity contribution is 7.94. The summed E-state index contributed by atoms with van der Waals surface area (Å²) in [7, 11) is -3.82. The van der Waals surface area contributed by atoms with Gasteiger partial charge in [-0.15, -0.1) is 22.7 Å². The largest absolute Gasteiger partial charge is 0.338 e. The molecule has 1 aliphatic heterocycles. The van der Waals surface area contributed by atoms with Crippen molar-refractivity contribution in [1.29, 1.82) is 0 Å². The van der Waals surface area contributed by atoms with Crippen LogP contribution in [0.4, 0.5) is 5.69 Å². The van der Waals surface area contributed by atoms with Crippen LogP contribution in [0.15, 0.2) is 39.9 Å². The number of amides is 1. The average Bonchev–Trinajstić information content (AvgIpc) is 3.41. The van der Waals surface area contributed by atoms with E-state index in [0.717, 1.165) is 43.7 Å². The van der Waals surface area contributed by atoms with Gasteiger partial charge in [0.05, 0.1) is 5.69 Å². The van der Waals surface area contributed by atoms with E-state index in [-0.39, 0.29) is 15.9 Å². The van der Waals surface area contributed by atoms with Gasteiger partial charge < -0.3 is 4.90 Å². The molecule has 7 nitrogen and oxygen atoms in total. The molecule has 2 aromatic heterocycles. The Morgan fingerprint density at radius 1 is 1.12 bits per heavy atom. The molecule has 0 unspecified atom stereocenters. The maximum absolute atomic E-state index is 12.9. The van der Waals surface area contributed by atoms with Gasteiger partial charge in [0, 0.05) is 35.3 Å². The summed E-state index contributed by atoms with van der Waals surface area (Å²) in [6.07, 6.45) is 3.19. The summed E-state index contributed by atoms with van der Waals surface area (Å²) in [6, 6.07) is 7.94. The lowest BCUT2D eigenvalue weighted by Crippen LogP contribution is -2.35. The van der Waals surface area contributed by atoms with Gasteiger partial charge in [-0.3, -0.25) is 14.3 Å². The lowest BCUT2D eigenvalue weighted by Gasteiger charge is -2.26. The number of anilines is 1.